The molecule has 0 radical (unpaired) electrons. The molecule has 0 saturated heterocycles. The Labute approximate surface area is 126 Å². The van der Waals surface area contributed by atoms with Crippen LogP contribution in [0.1, 0.15) is 20.8 Å². The maximum absolute atomic E-state index is 12.2. The van der Waals surface area contributed by atoms with E-state index in [1.165, 1.54) is 11.6 Å². The molecule has 1 aromatic heterocycles. The second-order valence-electron chi connectivity index (χ2n) is 5.70. The molecule has 0 spiro atoms. The Morgan fingerprint density at radius 3 is 2.33 bits per heavy atom. The summed E-state index contributed by atoms with van der Waals surface area (Å²) in [6, 6.07) is -0.184. The van der Waals surface area contributed by atoms with E-state index in [9.17, 15) is 13.8 Å². The van der Waals surface area contributed by atoms with E-state index in [1.54, 1.807) is 6.26 Å². The van der Waals surface area contributed by atoms with Gasteiger partial charge in [-0.3, -0.25) is 18.1 Å². The maximum atomic E-state index is 12.2. The van der Waals surface area contributed by atoms with Crippen LogP contribution in [-0.4, -0.2) is 31.4 Å². The number of nitrogens with two attached hydrogens (primary N) is 1. The van der Waals surface area contributed by atoms with Gasteiger partial charge in [-0.1, -0.05) is 13.8 Å². The molecule has 1 aromatic rings. The summed E-state index contributed by atoms with van der Waals surface area (Å²) in [6.45, 7) is 6.18. The van der Waals surface area contributed by atoms with Gasteiger partial charge in [0.1, 0.15) is 11.5 Å². The highest BCUT2D eigenvalue weighted by molar-refractivity contribution is 7.84. The maximum Gasteiger partial charge on any atom is 0.332 e. The largest absolute Gasteiger partial charge is 0.383 e. The molecule has 0 bridgehead atoms. The minimum Gasteiger partial charge on any atom is -0.383 e. The minimum absolute atomic E-state index is 0.130. The number of nitrogen functional groups attached to an aromatic ring is 1. The van der Waals surface area contributed by atoms with Crippen molar-refractivity contribution >= 4 is 22.3 Å². The van der Waals surface area contributed by atoms with Crippen molar-refractivity contribution in [3.05, 3.63) is 20.8 Å². The Hall–Kier alpha value is -1.57. The van der Waals surface area contributed by atoms with Gasteiger partial charge in [-0.25, -0.2) is 4.79 Å². The Kier molecular flexibility index (Phi) is 5.77. The van der Waals surface area contributed by atoms with E-state index in [4.69, 9.17) is 5.73 Å². The first-order valence-electron chi connectivity index (χ1n) is 6.81. The van der Waals surface area contributed by atoms with Crippen LogP contribution in [0.5, 0.6) is 0 Å². The summed E-state index contributed by atoms with van der Waals surface area (Å²) in [6.07, 6.45) is 1.60. The Bertz CT molecular complexity index is 648. The van der Waals surface area contributed by atoms with Gasteiger partial charge >= 0.3 is 5.69 Å². The first kappa shape index (κ1) is 17.5. The minimum atomic E-state index is -0.987. The van der Waals surface area contributed by atoms with E-state index < -0.39 is 22.0 Å². The summed E-state index contributed by atoms with van der Waals surface area (Å²) in [5, 5.41) is 2.98. The van der Waals surface area contributed by atoms with Crippen LogP contribution in [-0.2, 0) is 24.4 Å². The van der Waals surface area contributed by atoms with E-state index in [2.05, 4.69) is 5.32 Å². The fourth-order valence-corrected chi connectivity index (χ4v) is 2.89. The van der Waals surface area contributed by atoms with E-state index in [0.29, 0.717) is 12.3 Å². The van der Waals surface area contributed by atoms with Gasteiger partial charge in [0, 0.05) is 42.4 Å². The zero-order valence-corrected chi connectivity index (χ0v) is 14.0. The van der Waals surface area contributed by atoms with Crippen molar-refractivity contribution in [3.63, 3.8) is 0 Å². The van der Waals surface area contributed by atoms with Gasteiger partial charge in [0.25, 0.3) is 5.56 Å². The summed E-state index contributed by atoms with van der Waals surface area (Å²) in [7, 11) is 0.438. The predicted octanol–water partition coefficient (Wildman–Crippen LogP) is -0.0359. The summed E-state index contributed by atoms with van der Waals surface area (Å²) in [5.41, 5.74) is 5.29. The quantitative estimate of drug-likeness (QED) is 0.767. The van der Waals surface area contributed by atoms with Crippen LogP contribution in [0.15, 0.2) is 9.59 Å². The van der Waals surface area contributed by atoms with Gasteiger partial charge in [-0.15, -0.1) is 0 Å². The van der Waals surface area contributed by atoms with E-state index >= 15 is 0 Å². The van der Waals surface area contributed by atoms with Crippen molar-refractivity contribution in [2.75, 3.05) is 23.1 Å². The molecule has 0 amide bonds. The van der Waals surface area contributed by atoms with Crippen LogP contribution < -0.4 is 22.3 Å². The summed E-state index contributed by atoms with van der Waals surface area (Å²) < 4.78 is 13.7. The first-order valence-corrected chi connectivity index (χ1v) is 8.53. The predicted molar refractivity (Wildman–Crippen MR) is 87.2 cm³/mol. The van der Waals surface area contributed by atoms with Crippen LogP contribution in [0.3, 0.4) is 0 Å². The molecule has 0 aliphatic rings. The van der Waals surface area contributed by atoms with Crippen LogP contribution >= 0.6 is 0 Å². The average molecular weight is 316 g/mol. The number of nitrogens with zero attached hydrogens (tertiary/aromatic N) is 2. The Balaban J connectivity index is 3.32. The molecule has 1 heterocycles. The molecule has 3 N–H and O–H groups in total. The molecule has 0 saturated carbocycles. The molecule has 1 rings (SSSR count). The van der Waals surface area contributed by atoms with Crippen molar-refractivity contribution in [1.82, 2.24) is 9.13 Å². The van der Waals surface area contributed by atoms with Gasteiger partial charge in [0.2, 0.25) is 0 Å². The molecule has 7 nitrogen and oxygen atoms in total. The van der Waals surface area contributed by atoms with Crippen molar-refractivity contribution in [1.29, 1.82) is 0 Å². The van der Waals surface area contributed by atoms with E-state index in [0.717, 1.165) is 4.57 Å². The first-order chi connectivity index (χ1) is 9.65. The second kappa shape index (κ2) is 6.93. The molecule has 120 valence electrons. The second-order valence-corrected chi connectivity index (χ2v) is 7.18. The average Bonchev–Trinajstić information content (AvgIpc) is 2.36. The summed E-state index contributed by atoms with van der Waals surface area (Å²) in [4.78, 5) is 24.3. The van der Waals surface area contributed by atoms with Crippen molar-refractivity contribution in [2.45, 2.75) is 33.4 Å². The van der Waals surface area contributed by atoms with Crippen LogP contribution in [0.4, 0.5) is 11.5 Å². The van der Waals surface area contributed by atoms with Crippen molar-refractivity contribution < 1.29 is 4.21 Å². The molecule has 21 heavy (non-hydrogen) atoms. The highest BCUT2D eigenvalue weighted by atomic mass is 32.2. The van der Waals surface area contributed by atoms with E-state index in [1.807, 2.05) is 20.8 Å². The third-order valence-electron chi connectivity index (χ3n) is 3.01. The van der Waals surface area contributed by atoms with Gasteiger partial charge in [0.15, 0.2) is 0 Å². The van der Waals surface area contributed by atoms with Gasteiger partial charge in [0.05, 0.1) is 0 Å². The number of hydrogen-bond acceptors (Lipinski definition) is 5. The highest BCUT2D eigenvalue weighted by Crippen LogP contribution is 2.13. The van der Waals surface area contributed by atoms with Crippen LogP contribution in [0.2, 0.25) is 0 Å². The fraction of sp³-hybridized carbons (Fsp3) is 0.692. The smallest absolute Gasteiger partial charge is 0.332 e. The molecule has 2 atom stereocenters. The number of rotatable bonds is 6. The molecule has 0 aliphatic carbocycles. The lowest BCUT2D eigenvalue weighted by Gasteiger charge is -2.20. The normalized spacial score (nSPS) is 14.2. The molecule has 0 aliphatic heterocycles. The monoisotopic (exact) mass is 316 g/mol. The number of nitrogens with one attached hydrogen (secondary N) is 1. The van der Waals surface area contributed by atoms with Crippen LogP contribution in [0.25, 0.3) is 0 Å². The molecule has 2 unspecified atom stereocenters. The SMILES string of the molecule is CC(C)Cn1c(N)c(NC(C)CS(C)=O)c(=O)n(C)c1=O. The zero-order chi connectivity index (χ0) is 16.3. The van der Waals surface area contributed by atoms with Gasteiger partial charge < -0.3 is 11.1 Å². The van der Waals surface area contributed by atoms with Crippen LogP contribution in [0, 0.1) is 5.92 Å². The lowest BCUT2D eigenvalue weighted by atomic mass is 10.2. The van der Waals surface area contributed by atoms with Crippen molar-refractivity contribution in [2.24, 2.45) is 13.0 Å². The standard InChI is InChI=1S/C13H24N4O3S/c1-8(2)6-17-11(14)10(12(18)16(4)13(17)19)15-9(3)7-21(5)20/h8-9,15H,6-7,14H2,1-5H3. The lowest BCUT2D eigenvalue weighted by molar-refractivity contribution is 0.494. The number of aromatic nitrogens is 2. The summed E-state index contributed by atoms with van der Waals surface area (Å²) >= 11 is 0. The van der Waals surface area contributed by atoms with Crippen molar-refractivity contribution in [3.8, 4) is 0 Å². The number of anilines is 2. The molecular formula is C13H24N4O3S. The highest BCUT2D eigenvalue weighted by Gasteiger charge is 2.17. The molecule has 8 heteroatoms. The summed E-state index contributed by atoms with van der Waals surface area (Å²) in [5.74, 6) is 0.743. The topological polar surface area (TPSA) is 99.1 Å². The zero-order valence-electron chi connectivity index (χ0n) is 13.2. The van der Waals surface area contributed by atoms with Gasteiger partial charge in [-0.2, -0.15) is 0 Å². The lowest BCUT2D eigenvalue weighted by Crippen LogP contribution is -2.42. The Morgan fingerprint density at radius 2 is 1.86 bits per heavy atom. The third kappa shape index (κ3) is 4.20. The van der Waals surface area contributed by atoms with E-state index in [-0.39, 0.29) is 23.5 Å². The Morgan fingerprint density at radius 1 is 1.29 bits per heavy atom. The third-order valence-corrected chi connectivity index (χ3v) is 3.98. The number of hydrogen-bond donors (Lipinski definition) is 2. The van der Waals surface area contributed by atoms with Gasteiger partial charge in [-0.05, 0) is 12.8 Å². The molecular weight excluding hydrogens is 292 g/mol. The molecule has 0 fully saturated rings. The molecule has 0 aromatic carbocycles. The fourth-order valence-electron chi connectivity index (χ4n) is 2.10.